The molecule has 0 amide bonds. The molecule has 22 heavy (non-hydrogen) atoms. The molecule has 126 valence electrons. The number of hydrogen-bond acceptors (Lipinski definition) is 4. The molecule has 0 aromatic heterocycles. The predicted molar refractivity (Wildman–Crippen MR) is 62.9 cm³/mol. The molecule has 0 saturated carbocycles. The number of hydrogen-bond donors (Lipinski definition) is 0. The molecule has 0 bridgehead atoms. The molecule has 0 unspecified atom stereocenters. The molecule has 4 nitrogen and oxygen atoms in total. The van der Waals surface area contributed by atoms with Gasteiger partial charge in [-0.15, -0.1) is 0 Å². The summed E-state index contributed by atoms with van der Waals surface area (Å²) < 4.78 is 120. The van der Waals surface area contributed by atoms with Gasteiger partial charge in [0.05, 0.1) is 19.8 Å². The molecule has 0 aliphatic rings. The molecular weight excluding hydrogens is 409 g/mol. The first-order valence-corrected chi connectivity index (χ1v) is 8.37. The Morgan fingerprint density at radius 3 is 1.09 bits per heavy atom. The number of benzene rings is 1. The summed E-state index contributed by atoms with van der Waals surface area (Å²) in [5.41, 5.74) is -12.1. The highest BCUT2D eigenvalue weighted by Gasteiger charge is 2.54. The first-order chi connectivity index (χ1) is 9.53. The van der Waals surface area contributed by atoms with Gasteiger partial charge in [-0.25, -0.2) is 16.8 Å². The quantitative estimate of drug-likeness (QED) is 0.698. The second-order valence-electron chi connectivity index (χ2n) is 3.61. The van der Waals surface area contributed by atoms with Crippen molar-refractivity contribution in [3.05, 3.63) is 22.2 Å². The van der Waals surface area contributed by atoms with E-state index in [1.54, 1.807) is 0 Å². The van der Waals surface area contributed by atoms with Gasteiger partial charge in [-0.2, -0.15) is 26.3 Å². The summed E-state index contributed by atoms with van der Waals surface area (Å²) in [7, 11) is -12.8. The van der Waals surface area contributed by atoms with Gasteiger partial charge in [0.15, 0.2) is 0 Å². The summed E-state index contributed by atoms with van der Waals surface area (Å²) in [6.45, 7) is 0. The van der Waals surface area contributed by atoms with Crippen LogP contribution in [-0.2, 0) is 19.7 Å². The van der Waals surface area contributed by atoms with E-state index in [1.165, 1.54) is 0 Å². The lowest BCUT2D eigenvalue weighted by atomic mass is 10.3. The molecule has 0 saturated heterocycles. The van der Waals surface area contributed by atoms with E-state index in [9.17, 15) is 43.2 Å². The Bertz CT molecular complexity index is 741. The third kappa shape index (κ3) is 3.14. The maximum Gasteiger partial charge on any atom is 0.501 e. The van der Waals surface area contributed by atoms with Crippen LogP contribution in [0.3, 0.4) is 0 Å². The maximum absolute atomic E-state index is 12.5. The van der Waals surface area contributed by atoms with Gasteiger partial charge in [-0.1, -0.05) is 23.2 Å². The largest absolute Gasteiger partial charge is 0.501 e. The van der Waals surface area contributed by atoms with E-state index >= 15 is 0 Å². The fourth-order valence-corrected chi connectivity index (χ4v) is 3.99. The molecule has 0 aliphatic heterocycles. The minimum Gasteiger partial charge on any atom is -0.214 e. The summed E-state index contributed by atoms with van der Waals surface area (Å²) in [5, 5.41) is -1.74. The Labute approximate surface area is 129 Å². The topological polar surface area (TPSA) is 68.3 Å². The first kappa shape index (κ1) is 19.3. The van der Waals surface area contributed by atoms with Gasteiger partial charge in [-0.05, 0) is 12.1 Å². The molecule has 0 atom stereocenters. The van der Waals surface area contributed by atoms with Crippen LogP contribution >= 0.6 is 23.2 Å². The lowest BCUT2D eigenvalue weighted by molar-refractivity contribution is -0.0456. The van der Waals surface area contributed by atoms with Gasteiger partial charge in [0.1, 0.15) is 0 Å². The van der Waals surface area contributed by atoms with Crippen molar-refractivity contribution in [3.63, 3.8) is 0 Å². The molecule has 1 rings (SSSR count). The molecule has 0 fully saturated rings. The number of rotatable bonds is 2. The fourth-order valence-electron chi connectivity index (χ4n) is 1.18. The summed E-state index contributed by atoms with van der Waals surface area (Å²) in [6.07, 6.45) is 0. The Morgan fingerprint density at radius 2 is 0.909 bits per heavy atom. The lowest BCUT2D eigenvalue weighted by Crippen LogP contribution is -2.29. The molecule has 14 heteroatoms. The van der Waals surface area contributed by atoms with Crippen LogP contribution < -0.4 is 0 Å². The fraction of sp³-hybridized carbons (Fsp3) is 0.250. The number of alkyl halides is 6. The van der Waals surface area contributed by atoms with E-state index in [0.29, 0.717) is 0 Å². The standard InChI is InChI=1S/C8H2Cl2F6O4S2/c9-3-1-5(21(17,18)7(11,12)13)6(2-4(3)10)22(19,20)8(14,15)16/h1-2H. The average molecular weight is 411 g/mol. The zero-order valence-corrected chi connectivity index (χ0v) is 12.8. The van der Waals surface area contributed by atoms with Gasteiger partial charge >= 0.3 is 11.0 Å². The van der Waals surface area contributed by atoms with E-state index in [1.807, 2.05) is 0 Å². The Balaban J connectivity index is 3.95. The Kier molecular flexibility index (Phi) is 4.77. The molecule has 0 heterocycles. The van der Waals surface area contributed by atoms with Crippen LogP contribution in [0, 0.1) is 0 Å². The third-order valence-electron chi connectivity index (χ3n) is 2.18. The van der Waals surface area contributed by atoms with Crippen molar-refractivity contribution in [3.8, 4) is 0 Å². The van der Waals surface area contributed by atoms with Crippen molar-refractivity contribution in [1.82, 2.24) is 0 Å². The van der Waals surface area contributed by atoms with Crippen LogP contribution in [0.25, 0.3) is 0 Å². The van der Waals surface area contributed by atoms with Gasteiger partial charge in [0.25, 0.3) is 19.7 Å². The van der Waals surface area contributed by atoms with E-state index in [2.05, 4.69) is 0 Å². The molecule has 1 aromatic carbocycles. The predicted octanol–water partition coefficient (Wildman–Crippen LogP) is 3.58. The van der Waals surface area contributed by atoms with Crippen LogP contribution in [0.15, 0.2) is 21.9 Å². The molecule has 0 aliphatic carbocycles. The summed E-state index contributed by atoms with van der Waals surface area (Å²) in [6, 6.07) is -0.212. The van der Waals surface area contributed by atoms with Gasteiger partial charge < -0.3 is 0 Å². The molecule has 1 aromatic rings. The number of halogens is 8. The highest BCUT2D eigenvalue weighted by atomic mass is 35.5. The summed E-state index contributed by atoms with van der Waals surface area (Å²) >= 11 is 10.5. The van der Waals surface area contributed by atoms with Crippen molar-refractivity contribution in [2.24, 2.45) is 0 Å². The average Bonchev–Trinajstić information content (AvgIpc) is 2.28. The zero-order valence-electron chi connectivity index (χ0n) is 9.63. The normalized spacial score (nSPS) is 14.2. The maximum atomic E-state index is 12.5. The minimum atomic E-state index is -6.41. The summed E-state index contributed by atoms with van der Waals surface area (Å²) in [5.74, 6) is 0. The molecule has 0 N–H and O–H groups in total. The highest BCUT2D eigenvalue weighted by molar-refractivity contribution is 7.95. The lowest BCUT2D eigenvalue weighted by Gasteiger charge is -2.15. The Hall–Kier alpha value is -0.720. The smallest absolute Gasteiger partial charge is 0.214 e. The van der Waals surface area contributed by atoms with Gasteiger partial charge in [-0.3, -0.25) is 0 Å². The van der Waals surface area contributed by atoms with Gasteiger partial charge in [0.2, 0.25) is 0 Å². The number of sulfone groups is 2. The van der Waals surface area contributed by atoms with Crippen LogP contribution in [0.4, 0.5) is 26.3 Å². The zero-order chi connectivity index (χ0) is 17.7. The minimum absolute atomic E-state index is 0.106. The van der Waals surface area contributed by atoms with Crippen LogP contribution in [0.5, 0.6) is 0 Å². The summed E-state index contributed by atoms with van der Waals surface area (Å²) in [4.78, 5) is -4.32. The van der Waals surface area contributed by atoms with Crippen molar-refractivity contribution in [2.45, 2.75) is 20.8 Å². The molecular formula is C8H2Cl2F6O4S2. The van der Waals surface area contributed by atoms with E-state index in [-0.39, 0.29) is 12.1 Å². The van der Waals surface area contributed by atoms with Crippen molar-refractivity contribution >= 4 is 42.9 Å². The SMILES string of the molecule is O=S(=O)(c1cc(Cl)c(Cl)cc1S(=O)(=O)C(F)(F)F)C(F)(F)F. The van der Waals surface area contributed by atoms with E-state index in [4.69, 9.17) is 23.2 Å². The van der Waals surface area contributed by atoms with Gasteiger partial charge in [0, 0.05) is 0 Å². The van der Waals surface area contributed by atoms with Crippen molar-refractivity contribution < 1.29 is 43.2 Å². The van der Waals surface area contributed by atoms with E-state index in [0.717, 1.165) is 0 Å². The molecule has 0 spiro atoms. The van der Waals surface area contributed by atoms with Crippen molar-refractivity contribution in [1.29, 1.82) is 0 Å². The highest BCUT2D eigenvalue weighted by Crippen LogP contribution is 2.41. The van der Waals surface area contributed by atoms with Crippen LogP contribution in [0.2, 0.25) is 10.0 Å². The van der Waals surface area contributed by atoms with Crippen LogP contribution in [-0.4, -0.2) is 27.9 Å². The monoisotopic (exact) mass is 410 g/mol. The molecule has 0 radical (unpaired) electrons. The van der Waals surface area contributed by atoms with E-state index < -0.39 is 50.5 Å². The third-order valence-corrected chi connectivity index (χ3v) is 6.08. The second kappa shape index (κ2) is 5.42. The first-order valence-electron chi connectivity index (χ1n) is 4.65. The van der Waals surface area contributed by atoms with Crippen LogP contribution in [0.1, 0.15) is 0 Å². The van der Waals surface area contributed by atoms with Crippen molar-refractivity contribution in [2.75, 3.05) is 0 Å². The second-order valence-corrected chi connectivity index (χ2v) is 8.25. The Morgan fingerprint density at radius 1 is 0.682 bits per heavy atom.